The SMILES string of the molecule is CC(NC(=O)COC(=O)c1cccc2ccccc12)c1ccc2c(c1)OCO2. The Hall–Kier alpha value is -3.54. The summed E-state index contributed by atoms with van der Waals surface area (Å²) in [7, 11) is 0. The minimum absolute atomic E-state index is 0.198. The molecule has 142 valence electrons. The normalized spacial score (nSPS) is 13.2. The third kappa shape index (κ3) is 3.62. The molecule has 0 aliphatic carbocycles. The Bertz CT molecular complexity index is 1040. The quantitative estimate of drug-likeness (QED) is 0.688. The van der Waals surface area contributed by atoms with E-state index in [0.29, 0.717) is 17.1 Å². The zero-order valence-electron chi connectivity index (χ0n) is 15.3. The van der Waals surface area contributed by atoms with Gasteiger partial charge in [0, 0.05) is 0 Å². The van der Waals surface area contributed by atoms with Crippen LogP contribution in [0, 0.1) is 0 Å². The second kappa shape index (κ2) is 7.60. The molecule has 1 aliphatic rings. The smallest absolute Gasteiger partial charge is 0.339 e. The number of hydrogen-bond acceptors (Lipinski definition) is 5. The van der Waals surface area contributed by atoms with E-state index < -0.39 is 5.97 Å². The third-order valence-corrected chi connectivity index (χ3v) is 4.62. The number of nitrogens with one attached hydrogen (secondary N) is 1. The third-order valence-electron chi connectivity index (χ3n) is 4.62. The van der Waals surface area contributed by atoms with Crippen molar-refractivity contribution < 1.29 is 23.8 Å². The van der Waals surface area contributed by atoms with Gasteiger partial charge in [-0.05, 0) is 41.5 Å². The van der Waals surface area contributed by atoms with Crippen molar-refractivity contribution >= 4 is 22.6 Å². The minimum Gasteiger partial charge on any atom is -0.454 e. The highest BCUT2D eigenvalue weighted by Crippen LogP contribution is 2.34. The lowest BCUT2D eigenvalue weighted by atomic mass is 10.1. The molecule has 4 rings (SSSR count). The maximum atomic E-state index is 12.4. The summed E-state index contributed by atoms with van der Waals surface area (Å²) in [6, 6.07) is 18.2. The lowest BCUT2D eigenvalue weighted by molar-refractivity contribution is -0.124. The second-order valence-corrected chi connectivity index (χ2v) is 6.50. The molecule has 0 saturated heterocycles. The van der Waals surface area contributed by atoms with E-state index in [1.54, 1.807) is 18.2 Å². The highest BCUT2D eigenvalue weighted by Gasteiger charge is 2.18. The molecular formula is C22H19NO5. The molecule has 0 fully saturated rings. The molecule has 3 aromatic carbocycles. The number of benzene rings is 3. The standard InChI is InChI=1S/C22H19NO5/c1-14(16-9-10-19-20(11-16)28-13-27-19)23-21(24)12-26-22(25)18-8-4-6-15-5-2-3-7-17(15)18/h2-11,14H,12-13H2,1H3,(H,23,24). The van der Waals surface area contributed by atoms with Crippen molar-refractivity contribution in [2.75, 3.05) is 13.4 Å². The zero-order valence-corrected chi connectivity index (χ0v) is 15.3. The zero-order chi connectivity index (χ0) is 19.5. The van der Waals surface area contributed by atoms with Crippen molar-refractivity contribution in [2.24, 2.45) is 0 Å². The van der Waals surface area contributed by atoms with Crippen LogP contribution < -0.4 is 14.8 Å². The van der Waals surface area contributed by atoms with Crippen molar-refractivity contribution in [2.45, 2.75) is 13.0 Å². The molecule has 1 atom stereocenters. The molecule has 1 aliphatic heterocycles. The molecule has 6 heteroatoms. The summed E-state index contributed by atoms with van der Waals surface area (Å²) >= 11 is 0. The Kier molecular flexibility index (Phi) is 4.85. The van der Waals surface area contributed by atoms with Crippen molar-refractivity contribution in [3.05, 3.63) is 71.8 Å². The molecule has 0 saturated carbocycles. The van der Waals surface area contributed by atoms with Gasteiger partial charge in [-0.1, -0.05) is 42.5 Å². The lowest BCUT2D eigenvalue weighted by Crippen LogP contribution is -2.31. The summed E-state index contributed by atoms with van der Waals surface area (Å²) < 4.78 is 15.9. The van der Waals surface area contributed by atoms with E-state index >= 15 is 0 Å². The van der Waals surface area contributed by atoms with Gasteiger partial charge in [-0.25, -0.2) is 4.79 Å². The van der Waals surface area contributed by atoms with Gasteiger partial charge in [0.25, 0.3) is 5.91 Å². The Labute approximate surface area is 162 Å². The van der Waals surface area contributed by atoms with Crippen LogP contribution in [-0.4, -0.2) is 25.3 Å². The van der Waals surface area contributed by atoms with Gasteiger partial charge in [-0.3, -0.25) is 4.79 Å². The molecule has 1 heterocycles. The van der Waals surface area contributed by atoms with E-state index in [-0.39, 0.29) is 25.3 Å². The topological polar surface area (TPSA) is 73.9 Å². The fourth-order valence-electron chi connectivity index (χ4n) is 3.16. The van der Waals surface area contributed by atoms with Gasteiger partial charge in [0.15, 0.2) is 18.1 Å². The van der Waals surface area contributed by atoms with Crippen molar-refractivity contribution in [1.82, 2.24) is 5.32 Å². The predicted molar refractivity (Wildman–Crippen MR) is 103 cm³/mol. The number of ether oxygens (including phenoxy) is 3. The molecule has 0 spiro atoms. The van der Waals surface area contributed by atoms with Crippen LogP contribution >= 0.6 is 0 Å². The molecule has 1 amide bonds. The van der Waals surface area contributed by atoms with E-state index in [0.717, 1.165) is 16.3 Å². The first-order valence-corrected chi connectivity index (χ1v) is 8.95. The molecule has 0 radical (unpaired) electrons. The van der Waals surface area contributed by atoms with Crippen LogP contribution in [0.1, 0.15) is 28.9 Å². The fraction of sp³-hybridized carbons (Fsp3) is 0.182. The summed E-state index contributed by atoms with van der Waals surface area (Å²) in [4.78, 5) is 24.6. The van der Waals surface area contributed by atoms with Crippen LogP contribution in [0.5, 0.6) is 11.5 Å². The van der Waals surface area contributed by atoms with E-state index in [4.69, 9.17) is 14.2 Å². The molecule has 3 aromatic rings. The molecule has 0 bridgehead atoms. The first-order valence-electron chi connectivity index (χ1n) is 8.95. The molecule has 1 unspecified atom stereocenters. The first-order chi connectivity index (χ1) is 13.6. The highest BCUT2D eigenvalue weighted by molar-refractivity contribution is 6.04. The number of hydrogen-bond donors (Lipinski definition) is 1. The van der Waals surface area contributed by atoms with E-state index in [1.807, 2.05) is 49.4 Å². The molecule has 1 N–H and O–H groups in total. The second-order valence-electron chi connectivity index (χ2n) is 6.50. The Balaban J connectivity index is 1.37. The molecule has 0 aromatic heterocycles. The van der Waals surface area contributed by atoms with Crippen molar-refractivity contribution in [3.8, 4) is 11.5 Å². The van der Waals surface area contributed by atoms with Crippen LogP contribution in [0.2, 0.25) is 0 Å². The Morgan fingerprint density at radius 1 is 1.04 bits per heavy atom. The van der Waals surface area contributed by atoms with Crippen LogP contribution in [0.15, 0.2) is 60.7 Å². The summed E-state index contributed by atoms with van der Waals surface area (Å²) in [5.41, 5.74) is 1.31. The lowest BCUT2D eigenvalue weighted by Gasteiger charge is -2.15. The van der Waals surface area contributed by atoms with E-state index in [9.17, 15) is 9.59 Å². The molecule has 28 heavy (non-hydrogen) atoms. The van der Waals surface area contributed by atoms with Gasteiger partial charge in [0.05, 0.1) is 11.6 Å². The average Bonchev–Trinajstić information content (AvgIpc) is 3.19. The van der Waals surface area contributed by atoms with Gasteiger partial charge in [-0.15, -0.1) is 0 Å². The number of carbonyl (C=O) groups excluding carboxylic acids is 2. The largest absolute Gasteiger partial charge is 0.454 e. The summed E-state index contributed by atoms with van der Waals surface area (Å²) in [5.74, 6) is 0.439. The number of carbonyl (C=O) groups is 2. The monoisotopic (exact) mass is 377 g/mol. The van der Waals surface area contributed by atoms with Crippen LogP contribution in [0.4, 0.5) is 0 Å². The number of amides is 1. The van der Waals surface area contributed by atoms with Gasteiger partial charge in [0.2, 0.25) is 6.79 Å². The fourth-order valence-corrected chi connectivity index (χ4v) is 3.16. The molecule has 6 nitrogen and oxygen atoms in total. The van der Waals surface area contributed by atoms with Gasteiger partial charge >= 0.3 is 5.97 Å². The number of fused-ring (bicyclic) bond motifs is 2. The Morgan fingerprint density at radius 2 is 1.82 bits per heavy atom. The molecular weight excluding hydrogens is 358 g/mol. The maximum Gasteiger partial charge on any atom is 0.339 e. The average molecular weight is 377 g/mol. The van der Waals surface area contributed by atoms with Gasteiger partial charge in [0.1, 0.15) is 0 Å². The predicted octanol–water partition coefficient (Wildman–Crippen LogP) is 3.60. The highest BCUT2D eigenvalue weighted by atomic mass is 16.7. The Morgan fingerprint density at radius 3 is 2.71 bits per heavy atom. The number of rotatable bonds is 5. The first kappa shape index (κ1) is 17.9. The van der Waals surface area contributed by atoms with Crippen molar-refractivity contribution in [3.63, 3.8) is 0 Å². The van der Waals surface area contributed by atoms with E-state index in [2.05, 4.69) is 5.32 Å². The maximum absolute atomic E-state index is 12.4. The minimum atomic E-state index is -0.525. The summed E-state index contributed by atoms with van der Waals surface area (Å²) in [6.07, 6.45) is 0. The van der Waals surface area contributed by atoms with Gasteiger partial charge in [-0.2, -0.15) is 0 Å². The summed E-state index contributed by atoms with van der Waals surface area (Å²) in [6.45, 7) is 1.70. The van der Waals surface area contributed by atoms with Crippen molar-refractivity contribution in [1.29, 1.82) is 0 Å². The summed E-state index contributed by atoms with van der Waals surface area (Å²) in [5, 5.41) is 4.56. The van der Waals surface area contributed by atoms with Gasteiger partial charge < -0.3 is 19.5 Å². The number of esters is 1. The van der Waals surface area contributed by atoms with Crippen LogP contribution in [-0.2, 0) is 9.53 Å². The van der Waals surface area contributed by atoms with Crippen LogP contribution in [0.25, 0.3) is 10.8 Å². The van der Waals surface area contributed by atoms with E-state index in [1.165, 1.54) is 0 Å². The van der Waals surface area contributed by atoms with Crippen LogP contribution in [0.3, 0.4) is 0 Å².